The van der Waals surface area contributed by atoms with E-state index >= 15 is 0 Å². The van der Waals surface area contributed by atoms with Gasteiger partial charge in [0, 0.05) is 44.2 Å². The van der Waals surface area contributed by atoms with Crippen LogP contribution in [0.3, 0.4) is 0 Å². The fourth-order valence-electron chi connectivity index (χ4n) is 8.17. The monoisotopic (exact) mass is 669 g/mol. The summed E-state index contributed by atoms with van der Waals surface area (Å²) in [4.78, 5) is 2.34. The Balaban J connectivity index is 1.25. The van der Waals surface area contributed by atoms with Gasteiger partial charge in [0.15, 0.2) is 5.58 Å². The van der Waals surface area contributed by atoms with Crippen molar-refractivity contribution in [2.24, 2.45) is 0 Å². The number of hydrogen-bond donors (Lipinski definition) is 0. The second kappa shape index (κ2) is 11.4. The van der Waals surface area contributed by atoms with Gasteiger partial charge in [0.05, 0.1) is 16.8 Å². The molecule has 10 aromatic rings. The standard InChI is InChI=1S/C48H31NO3/c1-3-13-30(14-4-1)31-23-25-33(26-24-31)49(38-20-10-7-17-34(38)32-15-5-2-6-16-32)39-29-43-45(44-37-19-9-12-22-41(37)52-48(39)44)46-42(50-43)28-27-36-35-18-8-11-21-40(35)51-47(36)46/h1-5,7-15,17-29H,6,16H2. The average Bonchev–Trinajstić information content (AvgIpc) is 3.90. The predicted octanol–water partition coefficient (Wildman–Crippen LogP) is 14.3. The number of fused-ring (bicyclic) bond motifs is 11. The first-order chi connectivity index (χ1) is 25.8. The van der Waals surface area contributed by atoms with Gasteiger partial charge in [0.2, 0.25) is 0 Å². The molecular weight excluding hydrogens is 639 g/mol. The van der Waals surface area contributed by atoms with E-state index in [1.165, 1.54) is 16.7 Å². The van der Waals surface area contributed by atoms with Crippen LogP contribution in [0.15, 0.2) is 177 Å². The minimum absolute atomic E-state index is 0.778. The molecule has 0 fully saturated rings. The van der Waals surface area contributed by atoms with E-state index in [2.05, 4.69) is 151 Å². The fraction of sp³-hybridized carbons (Fsp3) is 0.0417. The SMILES string of the molecule is C1=CCCC(c2ccccc2N(c2ccc(-c3ccccc3)cc2)c2cc3oc4ccc5c6ccccc6oc5c4c3c3c2oc2ccccc23)=C1. The zero-order valence-corrected chi connectivity index (χ0v) is 28.2. The Bertz CT molecular complexity index is 3060. The molecule has 3 aromatic heterocycles. The van der Waals surface area contributed by atoms with Crippen molar-refractivity contribution >= 4 is 88.5 Å². The Kier molecular flexibility index (Phi) is 6.34. The molecule has 0 saturated heterocycles. The van der Waals surface area contributed by atoms with Crippen LogP contribution in [0, 0.1) is 0 Å². The van der Waals surface area contributed by atoms with Crippen molar-refractivity contribution in [2.75, 3.05) is 4.90 Å². The first-order valence-corrected chi connectivity index (χ1v) is 17.8. The number of allylic oxidation sites excluding steroid dienone is 4. The zero-order chi connectivity index (χ0) is 34.2. The summed E-state index contributed by atoms with van der Waals surface area (Å²) in [6, 6.07) is 50.9. The minimum atomic E-state index is 0.778. The number of benzene rings is 7. The maximum Gasteiger partial charge on any atom is 0.160 e. The van der Waals surface area contributed by atoms with E-state index in [-0.39, 0.29) is 0 Å². The summed E-state index contributed by atoms with van der Waals surface area (Å²) in [5, 5.41) is 6.17. The molecule has 0 bridgehead atoms. The number of para-hydroxylation sites is 3. The lowest BCUT2D eigenvalue weighted by Gasteiger charge is -2.29. The van der Waals surface area contributed by atoms with Gasteiger partial charge in [-0.05, 0) is 72.0 Å². The quantitative estimate of drug-likeness (QED) is 0.183. The van der Waals surface area contributed by atoms with E-state index in [0.29, 0.717) is 0 Å². The number of furan rings is 3. The van der Waals surface area contributed by atoms with E-state index < -0.39 is 0 Å². The van der Waals surface area contributed by atoms with Crippen LogP contribution in [0.25, 0.3) is 82.5 Å². The van der Waals surface area contributed by atoms with E-state index in [1.807, 2.05) is 18.2 Å². The van der Waals surface area contributed by atoms with E-state index in [0.717, 1.165) is 101 Å². The molecule has 0 aliphatic heterocycles. The Labute approximate surface area is 299 Å². The number of anilines is 3. The normalized spacial score (nSPS) is 13.3. The van der Waals surface area contributed by atoms with Gasteiger partial charge >= 0.3 is 0 Å². The molecule has 11 rings (SSSR count). The summed E-state index contributed by atoms with van der Waals surface area (Å²) < 4.78 is 20.4. The minimum Gasteiger partial charge on any atom is -0.456 e. The van der Waals surface area contributed by atoms with Gasteiger partial charge in [-0.1, -0.05) is 115 Å². The highest BCUT2D eigenvalue weighted by atomic mass is 16.3. The molecule has 1 aliphatic carbocycles. The van der Waals surface area contributed by atoms with Gasteiger partial charge in [-0.15, -0.1) is 0 Å². The van der Waals surface area contributed by atoms with Gasteiger partial charge in [0.1, 0.15) is 27.9 Å². The number of hydrogen-bond acceptors (Lipinski definition) is 4. The summed E-state index contributed by atoms with van der Waals surface area (Å²) in [6.45, 7) is 0. The van der Waals surface area contributed by atoms with Gasteiger partial charge in [-0.2, -0.15) is 0 Å². The lowest BCUT2D eigenvalue weighted by Crippen LogP contribution is -2.12. The second-order valence-corrected chi connectivity index (χ2v) is 13.5. The molecular formula is C48H31NO3. The molecule has 7 aromatic carbocycles. The summed E-state index contributed by atoms with van der Waals surface area (Å²) in [7, 11) is 0. The average molecular weight is 670 g/mol. The second-order valence-electron chi connectivity index (χ2n) is 13.5. The Morgan fingerprint density at radius 3 is 2.00 bits per heavy atom. The topological polar surface area (TPSA) is 42.7 Å². The molecule has 246 valence electrons. The summed E-state index contributed by atoms with van der Waals surface area (Å²) in [5.74, 6) is 0. The summed E-state index contributed by atoms with van der Waals surface area (Å²) >= 11 is 0. The molecule has 4 heteroatoms. The third-order valence-corrected chi connectivity index (χ3v) is 10.5. The van der Waals surface area contributed by atoms with Crippen molar-refractivity contribution in [3.63, 3.8) is 0 Å². The third kappa shape index (κ3) is 4.34. The van der Waals surface area contributed by atoms with Crippen LogP contribution in [0.4, 0.5) is 17.1 Å². The molecule has 52 heavy (non-hydrogen) atoms. The van der Waals surface area contributed by atoms with E-state index in [9.17, 15) is 0 Å². The van der Waals surface area contributed by atoms with Crippen molar-refractivity contribution in [3.8, 4) is 11.1 Å². The Morgan fingerprint density at radius 2 is 1.17 bits per heavy atom. The van der Waals surface area contributed by atoms with Crippen LogP contribution >= 0.6 is 0 Å². The van der Waals surface area contributed by atoms with Crippen molar-refractivity contribution in [1.82, 2.24) is 0 Å². The van der Waals surface area contributed by atoms with Gasteiger partial charge in [-0.3, -0.25) is 0 Å². The molecule has 0 radical (unpaired) electrons. The predicted molar refractivity (Wildman–Crippen MR) is 215 cm³/mol. The fourth-order valence-corrected chi connectivity index (χ4v) is 8.17. The van der Waals surface area contributed by atoms with Crippen molar-refractivity contribution in [1.29, 1.82) is 0 Å². The third-order valence-electron chi connectivity index (χ3n) is 10.5. The molecule has 0 saturated carbocycles. The van der Waals surface area contributed by atoms with Crippen LogP contribution in [0.5, 0.6) is 0 Å². The Morgan fingerprint density at radius 1 is 0.462 bits per heavy atom. The molecule has 0 N–H and O–H groups in total. The molecule has 3 heterocycles. The van der Waals surface area contributed by atoms with Crippen LogP contribution in [-0.4, -0.2) is 0 Å². The lowest BCUT2D eigenvalue weighted by atomic mass is 9.94. The van der Waals surface area contributed by atoms with Crippen LogP contribution in [0.2, 0.25) is 0 Å². The molecule has 0 spiro atoms. The molecule has 0 amide bonds. The molecule has 0 atom stereocenters. The zero-order valence-electron chi connectivity index (χ0n) is 28.2. The summed E-state index contributed by atoms with van der Waals surface area (Å²) in [6.07, 6.45) is 8.65. The van der Waals surface area contributed by atoms with Crippen molar-refractivity contribution in [2.45, 2.75) is 12.8 Å². The molecule has 4 nitrogen and oxygen atoms in total. The highest BCUT2D eigenvalue weighted by molar-refractivity contribution is 6.33. The van der Waals surface area contributed by atoms with E-state index in [1.54, 1.807) is 0 Å². The van der Waals surface area contributed by atoms with Crippen LogP contribution < -0.4 is 4.90 Å². The van der Waals surface area contributed by atoms with Gasteiger partial charge < -0.3 is 18.2 Å². The lowest BCUT2D eigenvalue weighted by molar-refractivity contribution is 0.660. The number of rotatable bonds is 5. The van der Waals surface area contributed by atoms with Crippen molar-refractivity contribution in [3.05, 3.63) is 169 Å². The van der Waals surface area contributed by atoms with E-state index in [4.69, 9.17) is 13.3 Å². The highest BCUT2D eigenvalue weighted by Gasteiger charge is 2.28. The van der Waals surface area contributed by atoms with Crippen LogP contribution in [0.1, 0.15) is 18.4 Å². The largest absolute Gasteiger partial charge is 0.456 e. The Hall–Kier alpha value is -6.78. The number of nitrogens with zero attached hydrogens (tertiary/aromatic N) is 1. The maximum atomic E-state index is 6.94. The maximum absolute atomic E-state index is 6.94. The molecule has 0 unspecified atom stereocenters. The van der Waals surface area contributed by atoms with Gasteiger partial charge in [0.25, 0.3) is 0 Å². The highest BCUT2D eigenvalue weighted by Crippen LogP contribution is 2.51. The van der Waals surface area contributed by atoms with Crippen molar-refractivity contribution < 1.29 is 13.3 Å². The van der Waals surface area contributed by atoms with Gasteiger partial charge in [-0.25, -0.2) is 0 Å². The summed E-state index contributed by atoms with van der Waals surface area (Å²) in [5.41, 5.74) is 12.7. The first-order valence-electron chi connectivity index (χ1n) is 17.8. The molecule has 1 aliphatic rings. The first kappa shape index (κ1) is 29.0. The van der Waals surface area contributed by atoms with Crippen LogP contribution in [-0.2, 0) is 0 Å². The smallest absolute Gasteiger partial charge is 0.160 e.